The molecule has 0 spiro atoms. The molecule has 2 aromatic carbocycles. The Hall–Kier alpha value is -3.67. The summed E-state index contributed by atoms with van der Waals surface area (Å²) in [5, 5.41) is 2.04. The molecule has 0 amide bonds. The van der Waals surface area contributed by atoms with Crippen LogP contribution in [0.5, 0.6) is 5.75 Å². The van der Waals surface area contributed by atoms with Crippen LogP contribution in [0.3, 0.4) is 0 Å². The molecule has 0 unspecified atom stereocenters. The number of methoxy groups -OCH3 is 1. The Morgan fingerprint density at radius 3 is 2.35 bits per heavy atom. The lowest BCUT2D eigenvalue weighted by molar-refractivity contribution is -0.140. The highest BCUT2D eigenvalue weighted by atomic mass is 16.5. The van der Waals surface area contributed by atoms with Gasteiger partial charge in [-0.25, -0.2) is 4.79 Å². The third-order valence-corrected chi connectivity index (χ3v) is 5.18. The van der Waals surface area contributed by atoms with Gasteiger partial charge >= 0.3 is 5.97 Å². The van der Waals surface area contributed by atoms with Crippen LogP contribution in [0, 0.1) is 13.8 Å². The minimum absolute atomic E-state index is 0.119. The van der Waals surface area contributed by atoms with Crippen molar-refractivity contribution in [3.05, 3.63) is 70.6 Å². The zero-order valence-electron chi connectivity index (χ0n) is 18.2. The summed E-state index contributed by atoms with van der Waals surface area (Å²) in [6, 6.07) is 11.5. The van der Waals surface area contributed by atoms with Gasteiger partial charge in [0.15, 0.2) is 11.9 Å². The van der Waals surface area contributed by atoms with E-state index in [0.717, 1.165) is 22.1 Å². The van der Waals surface area contributed by atoms with E-state index >= 15 is 0 Å². The van der Waals surface area contributed by atoms with E-state index in [0.29, 0.717) is 16.8 Å². The second kappa shape index (κ2) is 9.00. The first kappa shape index (κ1) is 22.0. The van der Waals surface area contributed by atoms with E-state index in [1.54, 1.807) is 27.0 Å². The number of hydrogen-bond acceptors (Lipinski definition) is 5. The molecule has 0 bridgehead atoms. The Morgan fingerprint density at radius 1 is 1.03 bits per heavy atom. The Kier molecular flexibility index (Phi) is 6.39. The summed E-state index contributed by atoms with van der Waals surface area (Å²) in [6.45, 7) is 6.41. The van der Waals surface area contributed by atoms with Crippen LogP contribution in [0.1, 0.15) is 51.5 Å². The third-order valence-electron chi connectivity index (χ3n) is 5.18. The van der Waals surface area contributed by atoms with E-state index in [2.05, 4.69) is 4.98 Å². The zero-order valence-corrected chi connectivity index (χ0v) is 18.2. The minimum atomic E-state index is -0.988. The maximum Gasteiger partial charge on any atom is 0.331 e. The normalized spacial score (nSPS) is 12.2. The van der Waals surface area contributed by atoms with Crippen molar-refractivity contribution in [2.75, 3.05) is 7.11 Å². The van der Waals surface area contributed by atoms with Crippen LogP contribution in [-0.2, 0) is 9.53 Å². The lowest BCUT2D eigenvalue weighted by Gasteiger charge is -2.10. The second-order valence-electron chi connectivity index (χ2n) is 7.43. The number of Topliss-reactive ketones (excluding diaryl/α,β-unsaturated/α-hetero) is 2. The molecule has 1 aromatic heterocycles. The van der Waals surface area contributed by atoms with Gasteiger partial charge in [0.1, 0.15) is 5.75 Å². The molecule has 0 aliphatic rings. The number of nitrogens with one attached hydrogen (secondary N) is 1. The lowest BCUT2D eigenvalue weighted by Crippen LogP contribution is -2.24. The number of esters is 1. The van der Waals surface area contributed by atoms with Gasteiger partial charge in [-0.1, -0.05) is 18.2 Å². The summed E-state index contributed by atoms with van der Waals surface area (Å²) in [5.74, 6) is -0.342. The van der Waals surface area contributed by atoms with Gasteiger partial charge in [0, 0.05) is 17.3 Å². The van der Waals surface area contributed by atoms with Crippen molar-refractivity contribution in [3.8, 4) is 5.75 Å². The SMILES string of the molecule is COc1ccc2cc(/C=C/C(=O)O[C@H](C)C(=O)c3[nH]c(C)c(C(C)=O)c3C)ccc2c1. The summed E-state index contributed by atoms with van der Waals surface area (Å²) in [6.07, 6.45) is 1.95. The molecular formula is C25H25NO5. The predicted octanol–water partition coefficient (Wildman–Crippen LogP) is 4.82. The number of ether oxygens (including phenoxy) is 2. The van der Waals surface area contributed by atoms with E-state index in [1.807, 2.05) is 36.4 Å². The van der Waals surface area contributed by atoms with Crippen LogP contribution in [-0.4, -0.2) is 35.7 Å². The number of aromatic nitrogens is 1. The number of hydrogen-bond donors (Lipinski definition) is 1. The molecule has 0 aliphatic heterocycles. The van der Waals surface area contributed by atoms with Crippen molar-refractivity contribution in [2.24, 2.45) is 0 Å². The molecule has 3 aromatic rings. The highest BCUT2D eigenvalue weighted by molar-refractivity contribution is 6.05. The van der Waals surface area contributed by atoms with Crippen LogP contribution in [0.25, 0.3) is 16.8 Å². The molecule has 0 saturated carbocycles. The van der Waals surface area contributed by atoms with Gasteiger partial charge in [-0.2, -0.15) is 0 Å². The molecule has 1 heterocycles. The number of carbonyl (C=O) groups is 3. The van der Waals surface area contributed by atoms with Gasteiger partial charge < -0.3 is 14.5 Å². The first-order valence-corrected chi connectivity index (χ1v) is 9.92. The molecule has 0 saturated heterocycles. The van der Waals surface area contributed by atoms with E-state index in [4.69, 9.17) is 9.47 Å². The Balaban J connectivity index is 1.69. The number of benzene rings is 2. The van der Waals surface area contributed by atoms with Gasteiger partial charge in [-0.05, 0) is 73.9 Å². The monoisotopic (exact) mass is 419 g/mol. The molecule has 3 rings (SSSR count). The average Bonchev–Trinajstić information content (AvgIpc) is 3.04. The fourth-order valence-electron chi connectivity index (χ4n) is 3.63. The van der Waals surface area contributed by atoms with Gasteiger partial charge in [-0.3, -0.25) is 9.59 Å². The van der Waals surface area contributed by atoms with Crippen molar-refractivity contribution >= 4 is 34.4 Å². The largest absolute Gasteiger partial charge is 0.497 e. The van der Waals surface area contributed by atoms with Crippen molar-refractivity contribution in [2.45, 2.75) is 33.8 Å². The second-order valence-corrected chi connectivity index (χ2v) is 7.43. The Labute approximate surface area is 180 Å². The van der Waals surface area contributed by atoms with Gasteiger partial charge in [0.2, 0.25) is 5.78 Å². The molecule has 1 atom stereocenters. The van der Waals surface area contributed by atoms with E-state index < -0.39 is 12.1 Å². The highest BCUT2D eigenvalue weighted by Crippen LogP contribution is 2.23. The van der Waals surface area contributed by atoms with Crippen LogP contribution in [0.2, 0.25) is 0 Å². The first-order chi connectivity index (χ1) is 14.7. The molecule has 31 heavy (non-hydrogen) atoms. The molecule has 6 heteroatoms. The summed E-state index contributed by atoms with van der Waals surface area (Å²) in [7, 11) is 1.62. The highest BCUT2D eigenvalue weighted by Gasteiger charge is 2.25. The molecular weight excluding hydrogens is 394 g/mol. The van der Waals surface area contributed by atoms with Gasteiger partial charge in [0.05, 0.1) is 12.8 Å². The van der Waals surface area contributed by atoms with Gasteiger partial charge in [-0.15, -0.1) is 0 Å². The minimum Gasteiger partial charge on any atom is -0.497 e. The topological polar surface area (TPSA) is 85.5 Å². The van der Waals surface area contributed by atoms with Crippen LogP contribution >= 0.6 is 0 Å². The number of aryl methyl sites for hydroxylation is 1. The first-order valence-electron chi connectivity index (χ1n) is 9.92. The molecule has 0 radical (unpaired) electrons. The fourth-order valence-corrected chi connectivity index (χ4v) is 3.63. The Morgan fingerprint density at radius 2 is 1.71 bits per heavy atom. The van der Waals surface area contributed by atoms with E-state index in [1.165, 1.54) is 19.9 Å². The number of carbonyl (C=O) groups excluding carboxylic acids is 3. The number of ketones is 2. The number of rotatable bonds is 7. The van der Waals surface area contributed by atoms with Crippen LogP contribution in [0.15, 0.2) is 42.5 Å². The number of H-pyrrole nitrogens is 1. The number of fused-ring (bicyclic) bond motifs is 1. The summed E-state index contributed by atoms with van der Waals surface area (Å²) in [5.41, 5.74) is 2.81. The quantitative estimate of drug-likeness (QED) is 0.337. The standard InChI is InChI=1S/C25H25NO5/c1-14-23(16(3)27)15(2)26-24(14)25(29)17(4)31-22(28)11-7-18-6-8-20-13-21(30-5)10-9-19(20)12-18/h6-13,17,26H,1-5H3/b11-7+/t17-/m1/s1. The summed E-state index contributed by atoms with van der Waals surface area (Å²) < 4.78 is 10.5. The molecule has 0 aliphatic carbocycles. The molecule has 1 N–H and O–H groups in total. The lowest BCUT2D eigenvalue weighted by atomic mass is 10.0. The van der Waals surface area contributed by atoms with E-state index in [-0.39, 0.29) is 17.3 Å². The predicted molar refractivity (Wildman–Crippen MR) is 120 cm³/mol. The maximum atomic E-state index is 12.7. The summed E-state index contributed by atoms with van der Waals surface area (Å²) >= 11 is 0. The zero-order chi connectivity index (χ0) is 22.7. The Bertz CT molecular complexity index is 1200. The van der Waals surface area contributed by atoms with Crippen molar-refractivity contribution < 1.29 is 23.9 Å². The van der Waals surface area contributed by atoms with Crippen molar-refractivity contribution in [1.82, 2.24) is 4.98 Å². The molecule has 0 fully saturated rings. The van der Waals surface area contributed by atoms with Crippen molar-refractivity contribution in [1.29, 1.82) is 0 Å². The fraction of sp³-hybridized carbons (Fsp3) is 0.240. The molecule has 160 valence electrons. The van der Waals surface area contributed by atoms with Crippen LogP contribution < -0.4 is 4.74 Å². The summed E-state index contributed by atoms with van der Waals surface area (Å²) in [4.78, 5) is 39.7. The average molecular weight is 419 g/mol. The van der Waals surface area contributed by atoms with E-state index in [9.17, 15) is 14.4 Å². The maximum absolute atomic E-state index is 12.7. The van der Waals surface area contributed by atoms with Crippen LogP contribution in [0.4, 0.5) is 0 Å². The van der Waals surface area contributed by atoms with Gasteiger partial charge in [0.25, 0.3) is 0 Å². The van der Waals surface area contributed by atoms with Crippen molar-refractivity contribution in [3.63, 3.8) is 0 Å². The smallest absolute Gasteiger partial charge is 0.331 e. The third kappa shape index (κ3) is 4.74. The molecule has 6 nitrogen and oxygen atoms in total. The number of aromatic amines is 1.